The molecule has 1 amide bonds. The van der Waals surface area contributed by atoms with Gasteiger partial charge < -0.3 is 19.5 Å². The normalized spacial score (nSPS) is 11.3. The summed E-state index contributed by atoms with van der Waals surface area (Å²) in [5.74, 6) is 1.23. The topological polar surface area (TPSA) is 104 Å². The van der Waals surface area contributed by atoms with Crippen LogP contribution >= 0.6 is 15.9 Å². The highest BCUT2D eigenvalue weighted by Crippen LogP contribution is 2.37. The number of nitrogens with zero attached hydrogens (tertiary/aromatic N) is 3. The van der Waals surface area contributed by atoms with E-state index in [-0.39, 0.29) is 18.1 Å². The maximum absolute atomic E-state index is 13.9. The van der Waals surface area contributed by atoms with E-state index in [9.17, 15) is 14.0 Å². The fraction of sp³-hybridized carbons (Fsp3) is 0.243. The van der Waals surface area contributed by atoms with Gasteiger partial charge in [-0.2, -0.15) is 9.78 Å². The molecule has 0 aliphatic rings. The molecule has 11 heteroatoms. The predicted octanol–water partition coefficient (Wildman–Crippen LogP) is 8.09. The Bertz CT molecular complexity index is 2040. The molecule has 0 fully saturated rings. The number of ether oxygens (including phenoxy) is 3. The van der Waals surface area contributed by atoms with E-state index in [0.29, 0.717) is 57.2 Å². The Kier molecular flexibility index (Phi) is 10.9. The number of fused-ring (bicyclic) bond motifs is 1. The largest absolute Gasteiger partial charge is 0.494 e. The SMILES string of the molecule is CCOc1cc(C)c(-c2nc3ccccc3c(=O)n2N=Cc2cc(Br)c(OCC(=O)Nc3ccc(F)cc3)c(OCC)c2)cc1C(C)C. The van der Waals surface area contributed by atoms with Crippen LogP contribution in [0.15, 0.2) is 87.2 Å². The molecule has 0 aliphatic carbocycles. The van der Waals surface area contributed by atoms with Crippen molar-refractivity contribution >= 4 is 44.6 Å². The summed E-state index contributed by atoms with van der Waals surface area (Å²) in [5.41, 5.74) is 3.95. The lowest BCUT2D eigenvalue weighted by Gasteiger charge is -2.18. The third-order valence-electron chi connectivity index (χ3n) is 7.40. The fourth-order valence-corrected chi connectivity index (χ4v) is 5.71. The van der Waals surface area contributed by atoms with Crippen LogP contribution in [0.2, 0.25) is 0 Å². The fourth-order valence-electron chi connectivity index (χ4n) is 5.13. The monoisotopic (exact) mass is 714 g/mol. The van der Waals surface area contributed by atoms with Gasteiger partial charge in [0, 0.05) is 11.3 Å². The quantitative estimate of drug-likeness (QED) is 0.131. The van der Waals surface area contributed by atoms with Crippen LogP contribution in [0.1, 0.15) is 50.3 Å². The molecular formula is C37H36BrFN4O5. The van der Waals surface area contributed by atoms with Gasteiger partial charge in [0.1, 0.15) is 11.6 Å². The molecule has 9 nitrogen and oxygen atoms in total. The van der Waals surface area contributed by atoms with Crippen LogP contribution in [0, 0.1) is 12.7 Å². The number of nitrogens with one attached hydrogen (secondary N) is 1. The Balaban J connectivity index is 1.52. The van der Waals surface area contributed by atoms with E-state index in [1.54, 1.807) is 30.5 Å². The van der Waals surface area contributed by atoms with Crippen LogP contribution < -0.4 is 25.1 Å². The number of hydrogen-bond acceptors (Lipinski definition) is 7. The van der Waals surface area contributed by atoms with Gasteiger partial charge in [-0.15, -0.1) is 0 Å². The molecule has 0 saturated heterocycles. The predicted molar refractivity (Wildman–Crippen MR) is 190 cm³/mol. The number of halogens is 2. The van der Waals surface area contributed by atoms with Crippen molar-refractivity contribution in [2.24, 2.45) is 5.10 Å². The van der Waals surface area contributed by atoms with Crippen LogP contribution in [0.4, 0.5) is 10.1 Å². The van der Waals surface area contributed by atoms with Crippen LogP contribution in [-0.2, 0) is 4.79 Å². The third-order valence-corrected chi connectivity index (χ3v) is 7.99. The Morgan fingerprint density at radius 1 is 1.00 bits per heavy atom. The van der Waals surface area contributed by atoms with Crippen molar-refractivity contribution < 1.29 is 23.4 Å². The van der Waals surface area contributed by atoms with Gasteiger partial charge in [0.25, 0.3) is 11.5 Å². The molecule has 1 aromatic heterocycles. The van der Waals surface area contributed by atoms with Crippen molar-refractivity contribution in [3.63, 3.8) is 0 Å². The Morgan fingerprint density at radius 3 is 2.42 bits per heavy atom. The van der Waals surface area contributed by atoms with Crippen molar-refractivity contribution in [1.29, 1.82) is 0 Å². The molecule has 48 heavy (non-hydrogen) atoms. The standard InChI is InChI=1S/C37H36BrFN4O5/c1-6-46-32-16-23(5)29(19-28(32)22(3)4)36-42-31-11-9-8-10-27(31)37(45)43(36)40-20-24-17-30(38)35(33(18-24)47-7-2)48-21-34(44)41-26-14-12-25(39)13-15-26/h8-20,22H,6-7,21H2,1-5H3,(H,41,44). The minimum Gasteiger partial charge on any atom is -0.494 e. The molecule has 5 rings (SSSR count). The number of para-hydroxylation sites is 1. The first-order valence-electron chi connectivity index (χ1n) is 15.6. The maximum Gasteiger partial charge on any atom is 0.282 e. The number of rotatable bonds is 12. The molecule has 0 saturated carbocycles. The zero-order valence-electron chi connectivity index (χ0n) is 27.3. The molecule has 1 N–H and O–H groups in total. The van der Waals surface area contributed by atoms with Gasteiger partial charge in [0.2, 0.25) is 0 Å². The van der Waals surface area contributed by atoms with Crippen molar-refractivity contribution in [2.75, 3.05) is 25.1 Å². The lowest BCUT2D eigenvalue weighted by molar-refractivity contribution is -0.118. The second-order valence-corrected chi connectivity index (χ2v) is 12.1. The minimum absolute atomic E-state index is 0.166. The van der Waals surface area contributed by atoms with Crippen molar-refractivity contribution in [3.05, 3.63) is 110 Å². The van der Waals surface area contributed by atoms with E-state index in [1.165, 1.54) is 28.9 Å². The van der Waals surface area contributed by atoms with Gasteiger partial charge in [-0.3, -0.25) is 9.59 Å². The Hall–Kier alpha value is -5.03. The summed E-state index contributed by atoms with van der Waals surface area (Å²) < 4.78 is 32.7. The second kappa shape index (κ2) is 15.2. The number of carbonyl (C=O) groups excluding carboxylic acids is 1. The highest BCUT2D eigenvalue weighted by Gasteiger charge is 2.19. The molecule has 0 spiro atoms. The smallest absolute Gasteiger partial charge is 0.282 e. The zero-order chi connectivity index (χ0) is 34.4. The summed E-state index contributed by atoms with van der Waals surface area (Å²) in [6.07, 6.45) is 1.55. The molecule has 5 aromatic rings. The van der Waals surface area contributed by atoms with Gasteiger partial charge in [-0.05, 0) is 120 Å². The zero-order valence-corrected chi connectivity index (χ0v) is 28.9. The second-order valence-electron chi connectivity index (χ2n) is 11.2. The molecule has 0 unspecified atom stereocenters. The molecule has 0 atom stereocenters. The molecule has 4 aromatic carbocycles. The number of benzene rings is 4. The van der Waals surface area contributed by atoms with E-state index in [1.807, 2.05) is 45.0 Å². The van der Waals surface area contributed by atoms with E-state index >= 15 is 0 Å². The number of carbonyl (C=O) groups is 1. The van der Waals surface area contributed by atoms with E-state index < -0.39 is 11.7 Å². The first-order valence-corrected chi connectivity index (χ1v) is 16.4. The van der Waals surface area contributed by atoms with E-state index in [4.69, 9.17) is 19.2 Å². The van der Waals surface area contributed by atoms with Gasteiger partial charge in [0.05, 0.1) is 34.8 Å². The van der Waals surface area contributed by atoms with Crippen molar-refractivity contribution in [2.45, 2.75) is 40.5 Å². The summed E-state index contributed by atoms with van der Waals surface area (Å²) in [6.45, 7) is 10.5. The molecule has 0 radical (unpaired) electrons. The highest BCUT2D eigenvalue weighted by atomic mass is 79.9. The summed E-state index contributed by atoms with van der Waals surface area (Å²) >= 11 is 3.54. The first-order chi connectivity index (χ1) is 23.1. The molecule has 248 valence electrons. The molecule has 1 heterocycles. The van der Waals surface area contributed by atoms with Crippen LogP contribution in [0.25, 0.3) is 22.3 Å². The highest BCUT2D eigenvalue weighted by molar-refractivity contribution is 9.10. The number of hydrogen-bond donors (Lipinski definition) is 1. The average Bonchev–Trinajstić information content (AvgIpc) is 3.05. The van der Waals surface area contributed by atoms with Crippen molar-refractivity contribution in [3.8, 4) is 28.6 Å². The van der Waals surface area contributed by atoms with E-state index in [0.717, 1.165) is 22.4 Å². The van der Waals surface area contributed by atoms with Crippen LogP contribution in [0.5, 0.6) is 17.2 Å². The molecule has 0 bridgehead atoms. The van der Waals surface area contributed by atoms with Gasteiger partial charge >= 0.3 is 0 Å². The average molecular weight is 716 g/mol. The summed E-state index contributed by atoms with van der Waals surface area (Å²) in [7, 11) is 0. The Morgan fingerprint density at radius 2 is 1.71 bits per heavy atom. The summed E-state index contributed by atoms with van der Waals surface area (Å²) in [4.78, 5) is 31.3. The van der Waals surface area contributed by atoms with E-state index in [2.05, 4.69) is 40.2 Å². The Labute approximate surface area is 286 Å². The first kappa shape index (κ1) is 34.3. The molecule has 0 aliphatic heterocycles. The van der Waals surface area contributed by atoms with Crippen LogP contribution in [-0.4, -0.2) is 41.6 Å². The maximum atomic E-state index is 13.9. The number of aryl methyl sites for hydroxylation is 1. The summed E-state index contributed by atoms with van der Waals surface area (Å²) in [6, 6.07) is 20.1. The third kappa shape index (κ3) is 7.74. The van der Waals surface area contributed by atoms with Crippen LogP contribution in [0.3, 0.4) is 0 Å². The van der Waals surface area contributed by atoms with Crippen molar-refractivity contribution in [1.82, 2.24) is 9.66 Å². The lowest BCUT2D eigenvalue weighted by atomic mass is 9.96. The minimum atomic E-state index is -0.428. The lowest BCUT2D eigenvalue weighted by Crippen LogP contribution is -2.21. The van der Waals surface area contributed by atoms with Gasteiger partial charge in [-0.25, -0.2) is 9.37 Å². The van der Waals surface area contributed by atoms with Gasteiger partial charge in [0.15, 0.2) is 23.9 Å². The number of anilines is 1. The number of amides is 1. The molecular weight excluding hydrogens is 679 g/mol. The number of aromatic nitrogens is 2. The van der Waals surface area contributed by atoms with Gasteiger partial charge in [-0.1, -0.05) is 26.0 Å². The summed E-state index contributed by atoms with van der Waals surface area (Å²) in [5, 5.41) is 7.76.